The lowest BCUT2D eigenvalue weighted by atomic mass is 10.0. The zero-order valence-electron chi connectivity index (χ0n) is 13.0. The molecule has 0 aliphatic carbocycles. The Labute approximate surface area is 137 Å². The van der Waals surface area contributed by atoms with E-state index in [0.717, 1.165) is 28.2 Å². The zero-order valence-corrected chi connectivity index (χ0v) is 13.8. The van der Waals surface area contributed by atoms with Gasteiger partial charge in [0.25, 0.3) is 5.91 Å². The highest BCUT2D eigenvalue weighted by molar-refractivity contribution is 7.12. The first-order valence-corrected chi connectivity index (χ1v) is 8.29. The number of carboxylic acid groups (broad SMARTS) is 1. The van der Waals surface area contributed by atoms with E-state index >= 15 is 0 Å². The summed E-state index contributed by atoms with van der Waals surface area (Å²) >= 11 is 1.62. The molecule has 23 heavy (non-hydrogen) atoms. The van der Waals surface area contributed by atoms with Gasteiger partial charge in [-0.15, -0.1) is 16.4 Å². The van der Waals surface area contributed by atoms with Gasteiger partial charge in [-0.1, -0.05) is 5.21 Å². The van der Waals surface area contributed by atoms with Gasteiger partial charge in [0, 0.05) is 22.8 Å². The number of piperidine rings is 1. The summed E-state index contributed by atoms with van der Waals surface area (Å²) in [6.07, 6.45) is 3.15. The Hall–Kier alpha value is -2.22. The molecule has 0 saturated carbocycles. The molecule has 2 aromatic heterocycles. The van der Waals surface area contributed by atoms with Crippen molar-refractivity contribution in [2.45, 2.75) is 32.7 Å². The first kappa shape index (κ1) is 15.7. The smallest absolute Gasteiger partial charge is 0.358 e. The monoisotopic (exact) mass is 334 g/mol. The van der Waals surface area contributed by atoms with Crippen LogP contribution < -0.4 is 0 Å². The molecule has 1 N–H and O–H groups in total. The lowest BCUT2D eigenvalue weighted by Gasteiger charge is -2.32. The minimum atomic E-state index is -1.09. The lowest BCUT2D eigenvalue weighted by Crippen LogP contribution is -2.41. The molecule has 1 amide bonds. The summed E-state index contributed by atoms with van der Waals surface area (Å²) < 4.78 is 1.56. The first-order valence-electron chi connectivity index (χ1n) is 7.47. The maximum atomic E-state index is 12.7. The molecule has 0 bridgehead atoms. The highest BCUT2D eigenvalue weighted by Gasteiger charge is 2.28. The van der Waals surface area contributed by atoms with Gasteiger partial charge in [-0.3, -0.25) is 4.79 Å². The molecule has 0 radical (unpaired) electrons. The summed E-state index contributed by atoms with van der Waals surface area (Å²) in [5.74, 6) is -1.06. The normalized spacial score (nSPS) is 18.2. The van der Waals surface area contributed by atoms with Crippen molar-refractivity contribution in [3.63, 3.8) is 0 Å². The van der Waals surface area contributed by atoms with Crippen LogP contribution in [0.4, 0.5) is 0 Å². The number of nitrogens with zero attached hydrogens (tertiary/aromatic N) is 4. The molecule has 3 heterocycles. The van der Waals surface area contributed by atoms with E-state index in [4.69, 9.17) is 5.11 Å². The highest BCUT2D eigenvalue weighted by Crippen LogP contribution is 2.26. The number of carboxylic acids is 1. The summed E-state index contributed by atoms with van der Waals surface area (Å²) in [5.41, 5.74) is 0.690. The van der Waals surface area contributed by atoms with Crippen LogP contribution in [-0.4, -0.2) is 50.0 Å². The molecular weight excluding hydrogens is 316 g/mol. The van der Waals surface area contributed by atoms with Crippen LogP contribution in [-0.2, 0) is 0 Å². The summed E-state index contributed by atoms with van der Waals surface area (Å²) in [7, 11) is 0. The van der Waals surface area contributed by atoms with E-state index in [1.54, 1.807) is 16.0 Å². The average Bonchev–Trinajstić information content (AvgIpc) is 3.13. The Bertz CT molecular complexity index is 752. The second kappa shape index (κ2) is 6.11. The third-order valence-electron chi connectivity index (χ3n) is 4.06. The van der Waals surface area contributed by atoms with Crippen molar-refractivity contribution >= 4 is 23.2 Å². The number of aromatic carboxylic acids is 1. The molecule has 2 aromatic rings. The molecule has 0 spiro atoms. The molecule has 122 valence electrons. The van der Waals surface area contributed by atoms with Gasteiger partial charge in [-0.25, -0.2) is 9.48 Å². The predicted octanol–water partition coefficient (Wildman–Crippen LogP) is 2.13. The largest absolute Gasteiger partial charge is 0.476 e. The quantitative estimate of drug-likeness (QED) is 0.929. The fraction of sp³-hybridized carbons (Fsp3) is 0.467. The second-order valence-corrected chi connectivity index (χ2v) is 7.22. The Morgan fingerprint density at radius 1 is 1.39 bits per heavy atom. The van der Waals surface area contributed by atoms with Crippen molar-refractivity contribution in [3.05, 3.63) is 33.3 Å². The Morgan fingerprint density at radius 2 is 2.17 bits per heavy atom. The van der Waals surface area contributed by atoms with Crippen LogP contribution in [0, 0.1) is 13.8 Å². The van der Waals surface area contributed by atoms with Gasteiger partial charge in [0.15, 0.2) is 5.69 Å². The molecule has 3 rings (SSSR count). The van der Waals surface area contributed by atoms with Crippen molar-refractivity contribution in [1.82, 2.24) is 19.9 Å². The van der Waals surface area contributed by atoms with E-state index in [9.17, 15) is 9.59 Å². The van der Waals surface area contributed by atoms with E-state index in [1.807, 2.05) is 24.8 Å². The number of hydrogen-bond acceptors (Lipinski definition) is 5. The molecule has 7 nitrogen and oxygen atoms in total. The molecule has 1 saturated heterocycles. The average molecular weight is 334 g/mol. The summed E-state index contributed by atoms with van der Waals surface area (Å²) in [6.45, 7) is 5.19. The van der Waals surface area contributed by atoms with Crippen molar-refractivity contribution < 1.29 is 14.7 Å². The Balaban J connectivity index is 1.76. The number of thiophene rings is 1. The third-order valence-corrected chi connectivity index (χ3v) is 5.02. The molecule has 1 atom stereocenters. The first-order chi connectivity index (χ1) is 11.0. The van der Waals surface area contributed by atoms with Crippen LogP contribution in [0.2, 0.25) is 0 Å². The van der Waals surface area contributed by atoms with Crippen molar-refractivity contribution in [2.24, 2.45) is 0 Å². The molecule has 1 aliphatic heterocycles. The standard InChI is InChI=1S/C15H18N4O3S/c1-9-6-12(10(2)23-9)14(20)18-5-3-4-11(7-18)19-8-13(15(21)22)16-17-19/h6,8,11H,3-5,7H2,1-2H3,(H,21,22). The Kier molecular flexibility index (Phi) is 4.16. The van der Waals surface area contributed by atoms with E-state index in [-0.39, 0.29) is 17.6 Å². The van der Waals surface area contributed by atoms with Crippen molar-refractivity contribution in [2.75, 3.05) is 13.1 Å². The number of amides is 1. The van der Waals surface area contributed by atoms with E-state index in [2.05, 4.69) is 10.3 Å². The summed E-state index contributed by atoms with van der Waals surface area (Å²) in [6, 6.07) is 1.90. The van der Waals surface area contributed by atoms with Crippen LogP contribution in [0.15, 0.2) is 12.3 Å². The van der Waals surface area contributed by atoms with E-state index < -0.39 is 5.97 Å². The lowest BCUT2D eigenvalue weighted by molar-refractivity contribution is 0.0666. The number of carbonyl (C=O) groups is 2. The molecule has 8 heteroatoms. The molecule has 1 fully saturated rings. The number of aryl methyl sites for hydroxylation is 2. The number of carbonyl (C=O) groups excluding carboxylic acids is 1. The number of rotatable bonds is 3. The zero-order chi connectivity index (χ0) is 16.6. The van der Waals surface area contributed by atoms with Gasteiger partial charge < -0.3 is 10.0 Å². The predicted molar refractivity (Wildman–Crippen MR) is 84.9 cm³/mol. The van der Waals surface area contributed by atoms with Crippen LogP contribution in [0.5, 0.6) is 0 Å². The minimum Gasteiger partial charge on any atom is -0.476 e. The minimum absolute atomic E-state index is 0.0339. The molecule has 1 unspecified atom stereocenters. The van der Waals surface area contributed by atoms with Gasteiger partial charge in [-0.2, -0.15) is 0 Å². The van der Waals surface area contributed by atoms with Crippen LogP contribution in [0.25, 0.3) is 0 Å². The maximum absolute atomic E-state index is 12.7. The van der Waals surface area contributed by atoms with Crippen molar-refractivity contribution in [3.8, 4) is 0 Å². The van der Waals surface area contributed by atoms with E-state index in [1.165, 1.54) is 6.20 Å². The molecular formula is C15H18N4O3S. The molecule has 1 aliphatic rings. The van der Waals surface area contributed by atoms with Crippen LogP contribution in [0.3, 0.4) is 0 Å². The van der Waals surface area contributed by atoms with Gasteiger partial charge in [-0.05, 0) is 32.8 Å². The van der Waals surface area contributed by atoms with Gasteiger partial charge in [0.05, 0.1) is 17.8 Å². The topological polar surface area (TPSA) is 88.3 Å². The van der Waals surface area contributed by atoms with Gasteiger partial charge in [0.1, 0.15) is 0 Å². The maximum Gasteiger partial charge on any atom is 0.358 e. The number of hydrogen-bond donors (Lipinski definition) is 1. The van der Waals surface area contributed by atoms with Crippen molar-refractivity contribution in [1.29, 1.82) is 0 Å². The van der Waals surface area contributed by atoms with E-state index in [0.29, 0.717) is 13.1 Å². The Morgan fingerprint density at radius 3 is 2.78 bits per heavy atom. The SMILES string of the molecule is Cc1cc(C(=O)N2CCCC(n3cc(C(=O)O)nn3)C2)c(C)s1. The summed E-state index contributed by atoms with van der Waals surface area (Å²) in [4.78, 5) is 27.6. The van der Waals surface area contributed by atoms with Crippen LogP contribution >= 0.6 is 11.3 Å². The third kappa shape index (κ3) is 3.12. The highest BCUT2D eigenvalue weighted by atomic mass is 32.1. The summed E-state index contributed by atoms with van der Waals surface area (Å²) in [5, 5.41) is 16.5. The van der Waals surface area contributed by atoms with Crippen LogP contribution in [0.1, 0.15) is 49.5 Å². The van der Waals surface area contributed by atoms with Gasteiger partial charge in [0.2, 0.25) is 0 Å². The number of aromatic nitrogens is 3. The van der Waals surface area contributed by atoms with Gasteiger partial charge >= 0.3 is 5.97 Å². The fourth-order valence-electron chi connectivity index (χ4n) is 2.92. The molecule has 0 aromatic carbocycles. The number of likely N-dealkylation sites (tertiary alicyclic amines) is 1. The fourth-order valence-corrected chi connectivity index (χ4v) is 3.84. The second-order valence-electron chi connectivity index (χ2n) is 5.76.